The van der Waals surface area contributed by atoms with Crippen molar-refractivity contribution in [2.24, 2.45) is 0 Å². The Morgan fingerprint density at radius 1 is 0.314 bits per heavy atom. The van der Waals surface area contributed by atoms with E-state index in [9.17, 15) is 14.4 Å². The molecule has 0 atom stereocenters. The van der Waals surface area contributed by atoms with Gasteiger partial charge < -0.3 is 15.0 Å². The van der Waals surface area contributed by atoms with E-state index >= 15 is 0 Å². The van der Waals surface area contributed by atoms with Gasteiger partial charge >= 0.3 is 0 Å². The quantitative estimate of drug-likeness (QED) is 0.165. The minimum Gasteiger partial charge on any atom is -0.354 e. The van der Waals surface area contributed by atoms with E-state index in [0.717, 1.165) is 0 Å². The lowest BCUT2D eigenvalue weighted by Gasteiger charge is -2.13. The summed E-state index contributed by atoms with van der Waals surface area (Å²) < 4.78 is 0. The van der Waals surface area contributed by atoms with Gasteiger partial charge in [0.2, 0.25) is 0 Å². The molecule has 240 valence electrons. The molecule has 0 aliphatic carbocycles. The summed E-state index contributed by atoms with van der Waals surface area (Å²) in [7, 11) is 0. The highest BCUT2D eigenvalue weighted by Crippen LogP contribution is 2.33. The molecule has 9 nitrogen and oxygen atoms in total. The van der Waals surface area contributed by atoms with E-state index in [2.05, 4.69) is 15.0 Å². The molecule has 0 unspecified atom stereocenters. The number of nitrogens with one attached hydrogen (secondary N) is 3. The monoisotopic (exact) mass is 660 g/mol. The Balaban J connectivity index is 1.33. The van der Waals surface area contributed by atoms with Gasteiger partial charge in [0, 0.05) is 49.4 Å². The zero-order chi connectivity index (χ0) is 34.2. The molecule has 3 N–H and O–H groups in total. The molecule has 0 saturated heterocycles. The standard InChI is InChI=1S/C42H24N6O3/c49-37-22-10-1-4-16-28(22)43-31-19-7-13-25(34(31)37)40-46-41(26-14-8-20-32-35(26)38(50)23-11-2-5-17-29(23)44-32)48-42(47-40)27-15-9-21-33-36(27)39(51)24-12-3-6-18-30(24)45-33/h1-21H,(H,43,49)(H,44,50)(H,45,51). The number of aromatic amines is 3. The normalized spacial score (nSPS) is 11.8. The van der Waals surface area contributed by atoms with Crippen molar-refractivity contribution < 1.29 is 0 Å². The molecule has 0 radical (unpaired) electrons. The summed E-state index contributed by atoms with van der Waals surface area (Å²) in [5.74, 6) is 0.680. The van der Waals surface area contributed by atoms with Crippen LogP contribution < -0.4 is 16.3 Å². The second-order valence-electron chi connectivity index (χ2n) is 12.5. The third-order valence-corrected chi connectivity index (χ3v) is 9.56. The highest BCUT2D eigenvalue weighted by Gasteiger charge is 2.21. The molecule has 0 aliphatic rings. The number of benzene rings is 6. The molecule has 0 fully saturated rings. The Labute approximate surface area is 286 Å². The molecule has 0 amide bonds. The molecule has 6 aromatic carbocycles. The summed E-state index contributed by atoms with van der Waals surface area (Å²) in [6.45, 7) is 0. The largest absolute Gasteiger partial charge is 0.354 e. The molecule has 9 heteroatoms. The number of hydrogen-bond donors (Lipinski definition) is 3. The van der Waals surface area contributed by atoms with Crippen LogP contribution in [0, 0.1) is 0 Å². The minimum atomic E-state index is -0.167. The van der Waals surface area contributed by atoms with Gasteiger partial charge in [-0.1, -0.05) is 72.8 Å². The molecule has 4 heterocycles. The van der Waals surface area contributed by atoms with Gasteiger partial charge in [-0.2, -0.15) is 0 Å². The molecule has 10 rings (SSSR count). The van der Waals surface area contributed by atoms with Gasteiger partial charge in [-0.25, -0.2) is 15.0 Å². The van der Waals surface area contributed by atoms with E-state index in [1.165, 1.54) is 0 Å². The third-order valence-electron chi connectivity index (χ3n) is 9.56. The second kappa shape index (κ2) is 10.9. The maximum Gasteiger partial charge on any atom is 0.197 e. The number of H-pyrrole nitrogens is 3. The van der Waals surface area contributed by atoms with Gasteiger partial charge in [-0.3, -0.25) is 14.4 Å². The van der Waals surface area contributed by atoms with Gasteiger partial charge in [0.05, 0.1) is 32.7 Å². The number of fused-ring (bicyclic) bond motifs is 6. The second-order valence-corrected chi connectivity index (χ2v) is 12.5. The molecule has 10 aromatic rings. The average molecular weight is 661 g/mol. The Morgan fingerprint density at radius 3 is 0.902 bits per heavy atom. The van der Waals surface area contributed by atoms with Crippen LogP contribution in [0.5, 0.6) is 0 Å². The van der Waals surface area contributed by atoms with Crippen LogP contribution in [0.1, 0.15) is 0 Å². The summed E-state index contributed by atoms with van der Waals surface area (Å²) in [5.41, 5.74) is 4.99. The Bertz CT molecular complexity index is 2930. The zero-order valence-corrected chi connectivity index (χ0v) is 26.7. The number of aromatic nitrogens is 6. The van der Waals surface area contributed by atoms with Crippen molar-refractivity contribution in [1.29, 1.82) is 0 Å². The number of rotatable bonds is 3. The van der Waals surface area contributed by atoms with E-state index in [4.69, 9.17) is 15.0 Å². The molecular weight excluding hydrogens is 637 g/mol. The van der Waals surface area contributed by atoms with E-state index < -0.39 is 0 Å². The molecule has 0 saturated carbocycles. The number of nitrogens with zero attached hydrogens (tertiary/aromatic N) is 3. The van der Waals surface area contributed by atoms with Crippen molar-refractivity contribution in [1.82, 2.24) is 29.9 Å². The van der Waals surface area contributed by atoms with Crippen LogP contribution in [0.2, 0.25) is 0 Å². The van der Waals surface area contributed by atoms with Gasteiger partial charge in [-0.05, 0) is 54.6 Å². The van der Waals surface area contributed by atoms with Crippen LogP contribution in [0.25, 0.3) is 99.6 Å². The number of hydrogen-bond acceptors (Lipinski definition) is 6. The molecule has 0 bridgehead atoms. The van der Waals surface area contributed by atoms with Crippen LogP contribution >= 0.6 is 0 Å². The van der Waals surface area contributed by atoms with Gasteiger partial charge in [0.1, 0.15) is 0 Å². The van der Waals surface area contributed by atoms with Crippen molar-refractivity contribution in [3.05, 3.63) is 158 Å². The van der Waals surface area contributed by atoms with Crippen LogP contribution in [0.4, 0.5) is 0 Å². The smallest absolute Gasteiger partial charge is 0.197 e. The molecular formula is C42H24N6O3. The molecule has 51 heavy (non-hydrogen) atoms. The third kappa shape index (κ3) is 4.35. The maximum atomic E-state index is 14.1. The molecule has 0 aliphatic heterocycles. The van der Waals surface area contributed by atoms with Crippen LogP contribution in [-0.4, -0.2) is 29.9 Å². The van der Waals surface area contributed by atoms with Gasteiger partial charge in [0.15, 0.2) is 33.8 Å². The Kier molecular flexibility index (Phi) is 6.13. The Hall–Kier alpha value is -7.26. The van der Waals surface area contributed by atoms with Crippen LogP contribution in [0.15, 0.2) is 142 Å². The number of para-hydroxylation sites is 3. The molecule has 0 spiro atoms. The fraction of sp³-hybridized carbons (Fsp3) is 0. The van der Waals surface area contributed by atoms with Crippen molar-refractivity contribution in [3.8, 4) is 34.2 Å². The first-order chi connectivity index (χ1) is 25.0. The van der Waals surface area contributed by atoms with E-state index in [0.29, 0.717) is 82.1 Å². The first-order valence-corrected chi connectivity index (χ1v) is 16.4. The lowest BCUT2D eigenvalue weighted by atomic mass is 10.0. The predicted octanol–water partition coefficient (Wildman–Crippen LogP) is 7.86. The molecule has 4 aromatic heterocycles. The van der Waals surface area contributed by atoms with E-state index in [-0.39, 0.29) is 33.8 Å². The summed E-state index contributed by atoms with van der Waals surface area (Å²) in [5, 5.41) is 2.86. The number of pyridine rings is 3. The summed E-state index contributed by atoms with van der Waals surface area (Å²) in [6, 6.07) is 38.6. The lowest BCUT2D eigenvalue weighted by Crippen LogP contribution is -2.10. The summed E-state index contributed by atoms with van der Waals surface area (Å²) in [6.07, 6.45) is 0. The topological polar surface area (TPSA) is 137 Å². The first-order valence-electron chi connectivity index (χ1n) is 16.4. The highest BCUT2D eigenvalue weighted by atomic mass is 16.1. The lowest BCUT2D eigenvalue weighted by molar-refractivity contribution is 1.08. The maximum absolute atomic E-state index is 14.1. The first kappa shape index (κ1) is 28.7. The summed E-state index contributed by atoms with van der Waals surface area (Å²) >= 11 is 0. The Morgan fingerprint density at radius 2 is 0.588 bits per heavy atom. The SMILES string of the molecule is O=c1c2ccccc2[nH]c2cccc(-c3nc(-c4cccc5[nH]c6ccccc6c(=O)c45)nc(-c4cccc5[nH]c6ccccc6c(=O)c45)n3)c12. The zero-order valence-electron chi connectivity index (χ0n) is 26.7. The van der Waals surface area contributed by atoms with Gasteiger partial charge in [0.25, 0.3) is 0 Å². The van der Waals surface area contributed by atoms with Crippen LogP contribution in [0.3, 0.4) is 0 Å². The predicted molar refractivity (Wildman–Crippen MR) is 203 cm³/mol. The van der Waals surface area contributed by atoms with E-state index in [1.807, 2.05) is 109 Å². The van der Waals surface area contributed by atoms with Crippen molar-refractivity contribution >= 4 is 65.4 Å². The van der Waals surface area contributed by atoms with Crippen molar-refractivity contribution in [2.45, 2.75) is 0 Å². The average Bonchev–Trinajstić information content (AvgIpc) is 3.17. The van der Waals surface area contributed by atoms with Crippen molar-refractivity contribution in [3.63, 3.8) is 0 Å². The van der Waals surface area contributed by atoms with E-state index in [1.54, 1.807) is 18.2 Å². The fourth-order valence-electron chi connectivity index (χ4n) is 7.21. The minimum absolute atomic E-state index is 0.167. The summed E-state index contributed by atoms with van der Waals surface area (Å²) in [4.78, 5) is 67.4. The highest BCUT2D eigenvalue weighted by molar-refractivity contribution is 6.03. The van der Waals surface area contributed by atoms with Crippen LogP contribution in [-0.2, 0) is 0 Å². The van der Waals surface area contributed by atoms with Crippen molar-refractivity contribution in [2.75, 3.05) is 0 Å². The fourth-order valence-corrected chi connectivity index (χ4v) is 7.21. The van der Waals surface area contributed by atoms with Gasteiger partial charge in [-0.15, -0.1) is 0 Å².